The Bertz CT molecular complexity index is 1030. The summed E-state index contributed by atoms with van der Waals surface area (Å²) in [5.41, 5.74) is 0. The third-order valence-corrected chi connectivity index (χ3v) is 12.2. The molecule has 0 amide bonds. The minimum Gasteiger partial charge on any atom is -0.462 e. The number of aliphatic hydroxyl groups excluding tert-OH is 5. The van der Waals surface area contributed by atoms with Gasteiger partial charge in [-0.1, -0.05) is 187 Å². The number of hydrogen-bond donors (Lipinski definition) is 6. The van der Waals surface area contributed by atoms with Gasteiger partial charge in [-0.2, -0.15) is 0 Å². The van der Waals surface area contributed by atoms with E-state index in [-0.39, 0.29) is 12.8 Å². The topological polar surface area (TPSA) is 210 Å². The quantitative estimate of drug-likeness (QED) is 0.0194. The molecule has 0 heterocycles. The van der Waals surface area contributed by atoms with Gasteiger partial charge in [-0.25, -0.2) is 4.57 Å². The van der Waals surface area contributed by atoms with E-state index in [0.717, 1.165) is 38.5 Å². The lowest BCUT2D eigenvalue weighted by molar-refractivity contribution is -0.220. The summed E-state index contributed by atoms with van der Waals surface area (Å²) >= 11 is 0. The number of carbonyl (C=O) groups is 2. The minimum absolute atomic E-state index is 0.105. The third kappa shape index (κ3) is 27.6. The lowest BCUT2D eigenvalue weighted by Gasteiger charge is -2.41. The van der Waals surface area contributed by atoms with Gasteiger partial charge < -0.3 is 39.9 Å². The van der Waals surface area contributed by atoms with Crippen LogP contribution in [0.4, 0.5) is 0 Å². The smallest absolute Gasteiger partial charge is 0.462 e. The molecule has 6 N–H and O–H groups in total. The van der Waals surface area contributed by atoms with E-state index in [1.54, 1.807) is 0 Å². The molecule has 1 aliphatic rings. The lowest BCUT2D eigenvalue weighted by atomic mass is 9.85. The molecular formula is C44H85O13P. The summed E-state index contributed by atoms with van der Waals surface area (Å²) in [6, 6.07) is 0. The van der Waals surface area contributed by atoms with Crippen molar-refractivity contribution in [3.63, 3.8) is 0 Å². The Morgan fingerprint density at radius 1 is 0.466 bits per heavy atom. The maximum Gasteiger partial charge on any atom is 0.472 e. The molecule has 0 aromatic heterocycles. The van der Waals surface area contributed by atoms with E-state index in [2.05, 4.69) is 13.8 Å². The molecule has 13 nitrogen and oxygen atoms in total. The van der Waals surface area contributed by atoms with Gasteiger partial charge in [-0.05, 0) is 12.8 Å². The van der Waals surface area contributed by atoms with Crippen molar-refractivity contribution in [2.75, 3.05) is 13.2 Å². The summed E-state index contributed by atoms with van der Waals surface area (Å²) < 4.78 is 33.5. The number of ether oxygens (including phenoxy) is 2. The van der Waals surface area contributed by atoms with E-state index >= 15 is 0 Å². The summed E-state index contributed by atoms with van der Waals surface area (Å²) in [6.45, 7) is 3.32. The van der Waals surface area contributed by atoms with E-state index in [9.17, 15) is 44.6 Å². The monoisotopic (exact) mass is 853 g/mol. The Morgan fingerprint density at radius 3 is 1.14 bits per heavy atom. The lowest BCUT2D eigenvalue weighted by Crippen LogP contribution is -2.64. The zero-order valence-corrected chi connectivity index (χ0v) is 37.3. The maximum absolute atomic E-state index is 12.8. The zero-order valence-electron chi connectivity index (χ0n) is 36.4. The molecular weight excluding hydrogens is 767 g/mol. The van der Waals surface area contributed by atoms with Crippen LogP contribution in [-0.2, 0) is 32.7 Å². The summed E-state index contributed by atoms with van der Waals surface area (Å²) in [7, 11) is -5.11. The molecule has 1 fully saturated rings. The van der Waals surface area contributed by atoms with Crippen LogP contribution < -0.4 is 0 Å². The minimum atomic E-state index is -5.11. The molecule has 6 unspecified atom stereocenters. The summed E-state index contributed by atoms with van der Waals surface area (Å²) in [4.78, 5) is 35.7. The molecule has 14 heteroatoms. The van der Waals surface area contributed by atoms with E-state index in [1.165, 1.54) is 135 Å². The second-order valence-electron chi connectivity index (χ2n) is 16.6. The second-order valence-corrected chi connectivity index (χ2v) is 18.0. The predicted octanol–water partition coefficient (Wildman–Crippen LogP) is 8.89. The van der Waals surface area contributed by atoms with Crippen LogP contribution >= 0.6 is 7.82 Å². The van der Waals surface area contributed by atoms with Crippen molar-refractivity contribution in [1.82, 2.24) is 0 Å². The Hall–Kier alpha value is -1.15. The fraction of sp³-hybridized carbons (Fsp3) is 0.955. The highest BCUT2D eigenvalue weighted by Crippen LogP contribution is 2.47. The maximum atomic E-state index is 12.8. The van der Waals surface area contributed by atoms with E-state index in [0.29, 0.717) is 12.8 Å². The zero-order chi connectivity index (χ0) is 42.9. The van der Waals surface area contributed by atoms with Crippen molar-refractivity contribution in [3.05, 3.63) is 0 Å². The first-order valence-corrected chi connectivity index (χ1v) is 24.8. The van der Waals surface area contributed by atoms with E-state index in [1.807, 2.05) is 0 Å². The molecule has 0 aliphatic heterocycles. The number of hydrogen-bond acceptors (Lipinski definition) is 12. The third-order valence-electron chi connectivity index (χ3n) is 11.2. The first-order chi connectivity index (χ1) is 27.9. The average molecular weight is 853 g/mol. The molecule has 0 aromatic carbocycles. The van der Waals surface area contributed by atoms with E-state index < -0.39 is 75.7 Å². The van der Waals surface area contributed by atoms with Gasteiger partial charge in [0.15, 0.2) is 6.10 Å². The summed E-state index contributed by atoms with van der Waals surface area (Å²) in [5, 5.41) is 50.1. The van der Waals surface area contributed by atoms with Gasteiger partial charge in [0.25, 0.3) is 0 Å². The van der Waals surface area contributed by atoms with Crippen LogP contribution in [0.25, 0.3) is 0 Å². The van der Waals surface area contributed by atoms with Crippen molar-refractivity contribution in [3.8, 4) is 0 Å². The second kappa shape index (κ2) is 35.4. The van der Waals surface area contributed by atoms with Gasteiger partial charge in [0.05, 0.1) is 6.61 Å². The average Bonchev–Trinajstić information content (AvgIpc) is 3.20. The molecule has 0 radical (unpaired) electrons. The molecule has 344 valence electrons. The largest absolute Gasteiger partial charge is 0.472 e. The number of unbranched alkanes of at least 4 members (excludes halogenated alkanes) is 27. The number of rotatable bonds is 39. The molecule has 8 atom stereocenters. The highest BCUT2D eigenvalue weighted by molar-refractivity contribution is 7.47. The van der Waals surface area contributed by atoms with Crippen molar-refractivity contribution < 1.29 is 63.1 Å². The van der Waals surface area contributed by atoms with Gasteiger partial charge in [0.2, 0.25) is 0 Å². The fourth-order valence-electron chi connectivity index (χ4n) is 7.41. The van der Waals surface area contributed by atoms with Gasteiger partial charge in [-0.15, -0.1) is 0 Å². The summed E-state index contributed by atoms with van der Waals surface area (Å²) in [6.07, 6.45) is 21.5. The van der Waals surface area contributed by atoms with Crippen molar-refractivity contribution >= 4 is 19.8 Å². The van der Waals surface area contributed by atoms with Crippen LogP contribution in [0.2, 0.25) is 0 Å². The van der Waals surface area contributed by atoms with E-state index in [4.69, 9.17) is 18.5 Å². The van der Waals surface area contributed by atoms with Gasteiger partial charge in [0.1, 0.15) is 43.2 Å². The number of phosphoric acid groups is 1. The van der Waals surface area contributed by atoms with Crippen LogP contribution in [0.1, 0.15) is 213 Å². The highest BCUT2D eigenvalue weighted by atomic mass is 31.2. The standard InChI is InChI=1S/C44H85O13P/c1-3-5-7-9-11-13-15-17-19-21-23-25-27-29-31-33-38(46)56-36(35-55-58(52,53)57-44-42(50)40(48)39(47)41(49)43(44)51)34-54-37(45)32-30-28-26-24-22-20-18-16-14-12-10-8-6-4-2/h36,39-44,47-51H,3-35H2,1-2H3,(H,52,53)/t36-,39?,40+,41?,42?,43?,44?/m1/s1. The van der Waals surface area contributed by atoms with Crippen LogP contribution in [0.3, 0.4) is 0 Å². The first kappa shape index (κ1) is 54.9. The number of carbonyl (C=O) groups excluding carboxylic acids is 2. The van der Waals surface area contributed by atoms with Gasteiger partial charge >= 0.3 is 19.8 Å². The molecule has 1 saturated carbocycles. The predicted molar refractivity (Wildman–Crippen MR) is 226 cm³/mol. The molecule has 1 aliphatic carbocycles. The van der Waals surface area contributed by atoms with Gasteiger partial charge in [0, 0.05) is 12.8 Å². The van der Waals surface area contributed by atoms with Crippen molar-refractivity contribution in [1.29, 1.82) is 0 Å². The molecule has 0 bridgehead atoms. The highest BCUT2D eigenvalue weighted by Gasteiger charge is 2.51. The normalized spacial score (nSPS) is 22.4. The Kier molecular flexibility index (Phi) is 33.5. The Labute approximate surface area is 351 Å². The Balaban J connectivity index is 2.44. The molecule has 0 spiro atoms. The van der Waals surface area contributed by atoms with Crippen LogP contribution in [0.15, 0.2) is 0 Å². The number of esters is 2. The first-order valence-electron chi connectivity index (χ1n) is 23.3. The SMILES string of the molecule is CCCCCCCCCCCCCCCCCC(=O)O[C@H](COC(=O)CCCCCCCCCCCCCCCC)COP(=O)(O)OC1C(O)C(O)C(O)[C@H](O)C1O. The molecule has 0 saturated heterocycles. The fourth-order valence-corrected chi connectivity index (χ4v) is 8.38. The number of aliphatic hydroxyl groups is 5. The molecule has 0 aromatic rings. The molecule has 1 rings (SSSR count). The Morgan fingerprint density at radius 2 is 0.776 bits per heavy atom. The number of phosphoric ester groups is 1. The van der Waals surface area contributed by atoms with Crippen molar-refractivity contribution in [2.24, 2.45) is 0 Å². The van der Waals surface area contributed by atoms with Crippen molar-refractivity contribution in [2.45, 2.75) is 256 Å². The molecule has 58 heavy (non-hydrogen) atoms. The van der Waals surface area contributed by atoms with Gasteiger partial charge in [-0.3, -0.25) is 18.6 Å². The van der Waals surface area contributed by atoms with Crippen LogP contribution in [0.5, 0.6) is 0 Å². The summed E-state index contributed by atoms with van der Waals surface area (Å²) in [5.74, 6) is -1.08. The van der Waals surface area contributed by atoms with Crippen LogP contribution in [0, 0.1) is 0 Å². The van der Waals surface area contributed by atoms with Crippen LogP contribution in [-0.4, -0.2) is 98.3 Å².